The zero-order valence-electron chi connectivity index (χ0n) is 16.2. The molecule has 0 saturated carbocycles. The van der Waals surface area contributed by atoms with E-state index in [1.165, 1.54) is 12.1 Å². The molecule has 0 atom stereocenters. The van der Waals surface area contributed by atoms with E-state index in [1.54, 1.807) is 18.5 Å². The Kier molecular flexibility index (Phi) is 7.18. The Labute approximate surface area is 168 Å². The second kappa shape index (κ2) is 9.19. The maximum Gasteiger partial charge on any atom is 0.573 e. The topological polar surface area (TPSA) is 28.1 Å². The van der Waals surface area contributed by atoms with Crippen molar-refractivity contribution in [2.24, 2.45) is 4.99 Å². The molecule has 0 saturated heterocycles. The smallest absolute Gasteiger partial charge is 0.406 e. The van der Waals surface area contributed by atoms with Gasteiger partial charge in [0.1, 0.15) is 5.75 Å². The molecule has 0 aliphatic rings. The number of hydrogen-bond acceptors (Lipinski definition) is 3. The van der Waals surface area contributed by atoms with E-state index in [4.69, 9.17) is 11.6 Å². The maximum atomic E-state index is 12.3. The van der Waals surface area contributed by atoms with Gasteiger partial charge in [-0.15, -0.1) is 13.2 Å². The minimum absolute atomic E-state index is 0.239. The van der Waals surface area contributed by atoms with Gasteiger partial charge in [0.2, 0.25) is 0 Å². The van der Waals surface area contributed by atoms with Gasteiger partial charge in [-0.3, -0.25) is 0 Å². The molecule has 0 aliphatic carbocycles. The van der Waals surface area contributed by atoms with Crippen LogP contribution in [0.1, 0.15) is 18.1 Å². The molecule has 8 heteroatoms. The molecule has 0 bridgehead atoms. The fourth-order valence-corrected chi connectivity index (χ4v) is 2.77. The molecule has 28 heavy (non-hydrogen) atoms. The summed E-state index contributed by atoms with van der Waals surface area (Å²) in [6.07, 6.45) is -2.96. The van der Waals surface area contributed by atoms with Crippen molar-refractivity contribution in [2.75, 3.05) is 25.5 Å². The minimum Gasteiger partial charge on any atom is -0.406 e. The van der Waals surface area contributed by atoms with Crippen molar-refractivity contribution < 1.29 is 17.9 Å². The number of aryl methyl sites for hydroxylation is 1. The van der Waals surface area contributed by atoms with Crippen LogP contribution >= 0.6 is 11.6 Å². The lowest BCUT2D eigenvalue weighted by Crippen LogP contribution is -2.18. The SMILES string of the molecule is CCN(C)/C=N\c1cc(C)c(N(C)Cc2ccc(OC(F)(F)F)cc2)cc1Cl. The van der Waals surface area contributed by atoms with Gasteiger partial charge in [-0.2, -0.15) is 0 Å². The summed E-state index contributed by atoms with van der Waals surface area (Å²) in [6.45, 7) is 5.34. The molecule has 2 aromatic rings. The minimum atomic E-state index is -4.69. The predicted molar refractivity (Wildman–Crippen MR) is 108 cm³/mol. The second-order valence-electron chi connectivity index (χ2n) is 6.46. The van der Waals surface area contributed by atoms with Crippen LogP contribution in [0.5, 0.6) is 5.75 Å². The molecule has 0 heterocycles. The lowest BCUT2D eigenvalue weighted by molar-refractivity contribution is -0.274. The average molecular weight is 414 g/mol. The number of alkyl halides is 3. The van der Waals surface area contributed by atoms with E-state index in [0.717, 1.165) is 23.4 Å². The predicted octanol–water partition coefficient (Wildman–Crippen LogP) is 5.79. The van der Waals surface area contributed by atoms with Crippen molar-refractivity contribution in [3.8, 4) is 5.75 Å². The van der Waals surface area contributed by atoms with Crippen LogP contribution in [0.2, 0.25) is 5.02 Å². The van der Waals surface area contributed by atoms with Crippen molar-refractivity contribution in [2.45, 2.75) is 26.8 Å². The molecule has 0 aliphatic heterocycles. The summed E-state index contributed by atoms with van der Waals surface area (Å²) in [6, 6.07) is 9.57. The molecule has 0 radical (unpaired) electrons. The summed E-state index contributed by atoms with van der Waals surface area (Å²) in [5, 5.41) is 0.530. The summed E-state index contributed by atoms with van der Waals surface area (Å²) in [5.74, 6) is -0.239. The number of hydrogen-bond donors (Lipinski definition) is 0. The zero-order chi connectivity index (χ0) is 20.9. The van der Waals surface area contributed by atoms with Gasteiger partial charge < -0.3 is 14.5 Å². The van der Waals surface area contributed by atoms with Crippen LogP contribution in [-0.4, -0.2) is 38.2 Å². The lowest BCUT2D eigenvalue weighted by Gasteiger charge is -2.22. The van der Waals surface area contributed by atoms with Crippen molar-refractivity contribution >= 4 is 29.3 Å². The molecule has 152 valence electrons. The number of rotatable bonds is 7. The molecule has 0 N–H and O–H groups in total. The summed E-state index contributed by atoms with van der Waals surface area (Å²) in [5.41, 5.74) is 3.45. The highest BCUT2D eigenvalue weighted by Crippen LogP contribution is 2.33. The molecule has 4 nitrogen and oxygen atoms in total. The van der Waals surface area contributed by atoms with Crippen molar-refractivity contribution in [1.29, 1.82) is 0 Å². The van der Waals surface area contributed by atoms with Gasteiger partial charge in [-0.25, -0.2) is 4.99 Å². The first kappa shape index (κ1) is 21.9. The lowest BCUT2D eigenvalue weighted by atomic mass is 10.1. The Bertz CT molecular complexity index is 823. The fraction of sp³-hybridized carbons (Fsp3) is 0.350. The van der Waals surface area contributed by atoms with Gasteiger partial charge >= 0.3 is 6.36 Å². The van der Waals surface area contributed by atoms with E-state index >= 15 is 0 Å². The molecular formula is C20H23ClF3N3O. The quantitative estimate of drug-likeness (QED) is 0.424. The van der Waals surface area contributed by atoms with Gasteiger partial charge in [0, 0.05) is 32.9 Å². The number of aliphatic imine (C=N–C) groups is 1. The summed E-state index contributed by atoms with van der Waals surface area (Å²) in [7, 11) is 3.82. The zero-order valence-corrected chi connectivity index (χ0v) is 17.0. The van der Waals surface area contributed by atoms with Gasteiger partial charge in [0.15, 0.2) is 0 Å². The summed E-state index contributed by atoms with van der Waals surface area (Å²) in [4.78, 5) is 8.33. The third kappa shape index (κ3) is 6.34. The van der Waals surface area contributed by atoms with E-state index in [9.17, 15) is 13.2 Å². The number of anilines is 1. The van der Waals surface area contributed by atoms with Gasteiger partial charge in [0.05, 0.1) is 17.0 Å². The second-order valence-corrected chi connectivity index (χ2v) is 6.86. The molecule has 0 aromatic heterocycles. The third-order valence-electron chi connectivity index (χ3n) is 4.15. The average Bonchev–Trinajstić information content (AvgIpc) is 2.62. The van der Waals surface area contributed by atoms with Crippen LogP contribution in [-0.2, 0) is 6.54 Å². The normalized spacial score (nSPS) is 11.7. The number of nitrogens with zero attached hydrogens (tertiary/aromatic N) is 3. The van der Waals surface area contributed by atoms with E-state index < -0.39 is 6.36 Å². The number of benzene rings is 2. The fourth-order valence-electron chi connectivity index (χ4n) is 2.56. The summed E-state index contributed by atoms with van der Waals surface area (Å²) >= 11 is 6.38. The van der Waals surface area contributed by atoms with Crippen LogP contribution in [0, 0.1) is 6.92 Å². The van der Waals surface area contributed by atoms with Crippen molar-refractivity contribution in [1.82, 2.24) is 4.90 Å². The third-order valence-corrected chi connectivity index (χ3v) is 4.45. The Morgan fingerprint density at radius 3 is 2.36 bits per heavy atom. The standard InChI is InChI=1S/C20H23ClF3N3O/c1-5-26(3)13-25-18-10-14(2)19(11-17(18)21)27(4)12-15-6-8-16(9-7-15)28-20(22,23)24/h6-11,13H,5,12H2,1-4H3/b25-13-. The first-order chi connectivity index (χ1) is 13.1. The number of halogens is 4. The van der Waals surface area contributed by atoms with Crippen molar-refractivity contribution in [3.63, 3.8) is 0 Å². The van der Waals surface area contributed by atoms with Gasteiger partial charge in [0.25, 0.3) is 0 Å². The molecule has 2 aromatic carbocycles. The Hall–Kier alpha value is -2.41. The van der Waals surface area contributed by atoms with E-state index in [-0.39, 0.29) is 5.75 Å². The highest BCUT2D eigenvalue weighted by molar-refractivity contribution is 6.33. The summed E-state index contributed by atoms with van der Waals surface area (Å²) < 4.78 is 40.7. The van der Waals surface area contributed by atoms with Crippen LogP contribution in [0.25, 0.3) is 0 Å². The van der Waals surface area contributed by atoms with Crippen LogP contribution < -0.4 is 9.64 Å². The Balaban J connectivity index is 2.12. The molecule has 2 rings (SSSR count). The van der Waals surface area contributed by atoms with Crippen LogP contribution in [0.4, 0.5) is 24.5 Å². The Morgan fingerprint density at radius 1 is 1.14 bits per heavy atom. The number of ether oxygens (including phenoxy) is 1. The first-order valence-electron chi connectivity index (χ1n) is 8.69. The largest absolute Gasteiger partial charge is 0.573 e. The van der Waals surface area contributed by atoms with Gasteiger partial charge in [-0.05, 0) is 49.2 Å². The van der Waals surface area contributed by atoms with E-state index in [0.29, 0.717) is 17.3 Å². The van der Waals surface area contributed by atoms with E-state index in [2.05, 4.69) is 9.73 Å². The first-order valence-corrected chi connectivity index (χ1v) is 9.07. The highest BCUT2D eigenvalue weighted by Gasteiger charge is 2.30. The monoisotopic (exact) mass is 413 g/mol. The molecule has 0 fully saturated rings. The Morgan fingerprint density at radius 2 is 1.79 bits per heavy atom. The van der Waals surface area contributed by atoms with Gasteiger partial charge in [-0.1, -0.05) is 23.7 Å². The van der Waals surface area contributed by atoms with Crippen molar-refractivity contribution in [3.05, 3.63) is 52.5 Å². The highest BCUT2D eigenvalue weighted by atomic mass is 35.5. The van der Waals surface area contributed by atoms with Crippen LogP contribution in [0.3, 0.4) is 0 Å². The molecule has 0 unspecified atom stereocenters. The molecule has 0 spiro atoms. The van der Waals surface area contributed by atoms with Crippen LogP contribution in [0.15, 0.2) is 41.4 Å². The molecular weight excluding hydrogens is 391 g/mol. The maximum absolute atomic E-state index is 12.3. The van der Waals surface area contributed by atoms with E-state index in [1.807, 2.05) is 49.9 Å². The molecule has 0 amide bonds.